The average molecular weight is 302 g/mol. The molecule has 21 heavy (non-hydrogen) atoms. The summed E-state index contributed by atoms with van der Waals surface area (Å²) in [7, 11) is 0. The third-order valence-electron chi connectivity index (χ3n) is 4.73. The van der Waals surface area contributed by atoms with Crippen LogP contribution in [0.1, 0.15) is 80.1 Å². The van der Waals surface area contributed by atoms with E-state index in [2.05, 4.69) is 34.6 Å². The number of rotatable bonds is 11. The molecule has 0 heterocycles. The lowest BCUT2D eigenvalue weighted by Gasteiger charge is -2.35. The first-order valence-corrected chi connectivity index (χ1v) is 9.02. The molecule has 0 aliphatic carbocycles. The van der Waals surface area contributed by atoms with Crippen LogP contribution >= 0.6 is 0 Å². The second kappa shape index (κ2) is 14.4. The zero-order chi connectivity index (χ0) is 16.7. The van der Waals surface area contributed by atoms with Crippen LogP contribution in [0.15, 0.2) is 0 Å². The molecule has 0 radical (unpaired) electrons. The number of carboxylic acids is 1. The number of carbonyl (C=O) groups excluding carboxylic acids is 1. The van der Waals surface area contributed by atoms with Gasteiger partial charge in [-0.15, -0.1) is 0 Å². The molecule has 128 valence electrons. The topological polar surface area (TPSA) is 40.1 Å². The van der Waals surface area contributed by atoms with E-state index >= 15 is 0 Å². The molecule has 0 fully saturated rings. The number of hydrogen-bond acceptors (Lipinski definition) is 2. The van der Waals surface area contributed by atoms with Crippen molar-refractivity contribution in [3.63, 3.8) is 0 Å². The van der Waals surface area contributed by atoms with Crippen molar-refractivity contribution in [1.29, 1.82) is 0 Å². The van der Waals surface area contributed by atoms with Crippen molar-refractivity contribution in [3.8, 4) is 0 Å². The number of carbonyl (C=O) groups is 1. The summed E-state index contributed by atoms with van der Waals surface area (Å²) in [4.78, 5) is 10.3. The number of unbranched alkanes of at least 4 members (excludes halogenated alkanes) is 2. The van der Waals surface area contributed by atoms with E-state index in [0.717, 1.165) is 19.3 Å². The monoisotopic (exact) mass is 301 g/mol. The average Bonchev–Trinajstić information content (AvgIpc) is 2.50. The molecule has 0 rings (SSSR count). The van der Waals surface area contributed by atoms with E-state index in [1.165, 1.54) is 43.5 Å². The minimum Gasteiger partial charge on any atom is -0.550 e. The number of aliphatic carboxylic acids is 1. The standard InChI is InChI=1S/C10H24N.C8H16O2/c1-5-9-10-11(6-2,7-3)8-4;1-3-5-6-7(4-2)8(9)10/h5-10H2,1-4H3;7H,3-6H2,1-2H3,(H,9,10)/q+1;/p-1. The maximum absolute atomic E-state index is 10.3. The molecular weight excluding hydrogens is 262 g/mol. The van der Waals surface area contributed by atoms with E-state index in [0.29, 0.717) is 6.42 Å². The molecule has 0 N–H and O–H groups in total. The van der Waals surface area contributed by atoms with Crippen LogP contribution < -0.4 is 5.11 Å². The van der Waals surface area contributed by atoms with Crippen molar-refractivity contribution in [1.82, 2.24) is 0 Å². The van der Waals surface area contributed by atoms with Crippen LogP contribution in [-0.2, 0) is 4.79 Å². The molecule has 0 saturated carbocycles. The van der Waals surface area contributed by atoms with Crippen molar-refractivity contribution in [2.45, 2.75) is 80.1 Å². The molecule has 1 unspecified atom stereocenters. The molecule has 3 heteroatoms. The van der Waals surface area contributed by atoms with Gasteiger partial charge in [0.15, 0.2) is 0 Å². The fourth-order valence-corrected chi connectivity index (χ4v) is 2.58. The van der Waals surface area contributed by atoms with E-state index in [9.17, 15) is 9.90 Å². The molecule has 0 bridgehead atoms. The van der Waals surface area contributed by atoms with Gasteiger partial charge >= 0.3 is 0 Å². The van der Waals surface area contributed by atoms with Crippen molar-refractivity contribution in [2.24, 2.45) is 5.92 Å². The molecular formula is C18H39NO2. The second-order valence-electron chi connectivity index (χ2n) is 5.93. The summed E-state index contributed by atoms with van der Waals surface area (Å²) >= 11 is 0. The Kier molecular flexibility index (Phi) is 15.5. The predicted octanol–water partition coefficient (Wildman–Crippen LogP) is 3.62. The minimum atomic E-state index is -0.893. The Bertz CT molecular complexity index is 229. The summed E-state index contributed by atoms with van der Waals surface area (Å²) in [6.07, 6.45) is 6.24. The normalized spacial score (nSPS) is 12.5. The number of nitrogens with zero attached hydrogens (tertiary/aromatic N) is 1. The fourth-order valence-electron chi connectivity index (χ4n) is 2.58. The van der Waals surface area contributed by atoms with Gasteiger partial charge in [0.25, 0.3) is 0 Å². The summed E-state index contributed by atoms with van der Waals surface area (Å²) in [5.41, 5.74) is 0. The number of hydrogen-bond donors (Lipinski definition) is 0. The van der Waals surface area contributed by atoms with Gasteiger partial charge in [0.05, 0.1) is 26.2 Å². The Hall–Kier alpha value is -0.570. The van der Waals surface area contributed by atoms with Gasteiger partial charge in [0.1, 0.15) is 0 Å². The van der Waals surface area contributed by atoms with Gasteiger partial charge in [-0.2, -0.15) is 0 Å². The third-order valence-corrected chi connectivity index (χ3v) is 4.73. The molecule has 0 saturated heterocycles. The lowest BCUT2D eigenvalue weighted by Crippen LogP contribution is -2.48. The van der Waals surface area contributed by atoms with E-state index in [1.54, 1.807) is 0 Å². The lowest BCUT2D eigenvalue weighted by atomic mass is 10.00. The Morgan fingerprint density at radius 3 is 1.67 bits per heavy atom. The maximum atomic E-state index is 10.3. The molecule has 0 aliphatic rings. The van der Waals surface area contributed by atoms with Crippen molar-refractivity contribution in [3.05, 3.63) is 0 Å². The Balaban J connectivity index is 0. The quantitative estimate of drug-likeness (QED) is 0.547. The highest BCUT2D eigenvalue weighted by molar-refractivity contribution is 5.67. The maximum Gasteiger partial charge on any atom is 0.0786 e. The van der Waals surface area contributed by atoms with Crippen LogP contribution in [0.2, 0.25) is 0 Å². The summed E-state index contributed by atoms with van der Waals surface area (Å²) in [5.74, 6) is -1.11. The molecule has 0 aliphatic heterocycles. The fraction of sp³-hybridized carbons (Fsp3) is 0.944. The van der Waals surface area contributed by atoms with Crippen LogP contribution in [-0.4, -0.2) is 36.6 Å². The smallest absolute Gasteiger partial charge is 0.0786 e. The van der Waals surface area contributed by atoms with Crippen molar-refractivity contribution in [2.75, 3.05) is 26.2 Å². The molecule has 3 nitrogen and oxygen atoms in total. The van der Waals surface area contributed by atoms with E-state index in [-0.39, 0.29) is 5.92 Å². The van der Waals surface area contributed by atoms with Gasteiger partial charge in [-0.25, -0.2) is 0 Å². The lowest BCUT2D eigenvalue weighted by molar-refractivity contribution is -0.923. The van der Waals surface area contributed by atoms with Crippen LogP contribution in [0.3, 0.4) is 0 Å². The highest BCUT2D eigenvalue weighted by atomic mass is 16.4. The van der Waals surface area contributed by atoms with E-state index in [4.69, 9.17) is 0 Å². The first-order valence-electron chi connectivity index (χ1n) is 9.02. The van der Waals surface area contributed by atoms with E-state index < -0.39 is 5.97 Å². The highest BCUT2D eigenvalue weighted by Crippen LogP contribution is 2.10. The van der Waals surface area contributed by atoms with Gasteiger partial charge in [-0.1, -0.05) is 40.0 Å². The first kappa shape index (κ1) is 22.7. The second-order valence-corrected chi connectivity index (χ2v) is 5.93. The molecule has 0 aromatic carbocycles. The molecule has 0 aromatic heterocycles. The van der Waals surface area contributed by atoms with E-state index in [1.807, 2.05) is 6.92 Å². The zero-order valence-corrected chi connectivity index (χ0v) is 15.4. The SMILES string of the molecule is CCCCC(CC)C(=O)[O-].CCCC[N+](CC)(CC)CC. The Morgan fingerprint density at radius 1 is 0.905 bits per heavy atom. The van der Waals surface area contributed by atoms with Gasteiger partial charge in [-0.3, -0.25) is 0 Å². The van der Waals surface area contributed by atoms with Gasteiger partial charge in [0, 0.05) is 5.97 Å². The Morgan fingerprint density at radius 2 is 1.38 bits per heavy atom. The van der Waals surface area contributed by atoms with Crippen LogP contribution in [0.25, 0.3) is 0 Å². The molecule has 0 spiro atoms. The summed E-state index contributed by atoms with van der Waals surface area (Å²) in [5, 5.41) is 10.3. The molecule has 0 aromatic rings. The van der Waals surface area contributed by atoms with Gasteiger partial charge in [-0.05, 0) is 46.0 Å². The number of carboxylic acid groups (broad SMARTS) is 1. The van der Waals surface area contributed by atoms with Crippen LogP contribution in [0.4, 0.5) is 0 Å². The Labute approximate surface area is 133 Å². The summed E-state index contributed by atoms with van der Waals surface area (Å²) < 4.78 is 1.31. The largest absolute Gasteiger partial charge is 0.550 e. The van der Waals surface area contributed by atoms with Crippen LogP contribution in [0.5, 0.6) is 0 Å². The zero-order valence-electron chi connectivity index (χ0n) is 15.4. The van der Waals surface area contributed by atoms with Crippen LogP contribution in [0, 0.1) is 5.92 Å². The minimum absolute atomic E-state index is 0.222. The summed E-state index contributed by atoms with van der Waals surface area (Å²) in [6.45, 7) is 18.4. The highest BCUT2D eigenvalue weighted by Gasteiger charge is 2.18. The van der Waals surface area contributed by atoms with Crippen molar-refractivity contribution < 1.29 is 14.4 Å². The number of quaternary nitrogens is 1. The molecule has 1 atom stereocenters. The van der Waals surface area contributed by atoms with Gasteiger partial charge in [0.2, 0.25) is 0 Å². The summed E-state index contributed by atoms with van der Waals surface area (Å²) in [6, 6.07) is 0. The van der Waals surface area contributed by atoms with Gasteiger partial charge < -0.3 is 14.4 Å². The van der Waals surface area contributed by atoms with Crippen molar-refractivity contribution >= 4 is 5.97 Å². The predicted molar refractivity (Wildman–Crippen MR) is 90.0 cm³/mol. The molecule has 0 amide bonds. The third kappa shape index (κ3) is 10.8. The first-order chi connectivity index (χ1) is 9.96.